The highest BCUT2D eigenvalue weighted by molar-refractivity contribution is 5.99. The zero-order valence-corrected chi connectivity index (χ0v) is 18.6. The summed E-state index contributed by atoms with van der Waals surface area (Å²) in [5, 5.41) is 14.7. The number of aryl methyl sites for hydroxylation is 1. The summed E-state index contributed by atoms with van der Waals surface area (Å²) in [5.41, 5.74) is 3.29. The van der Waals surface area contributed by atoms with Gasteiger partial charge < -0.3 is 15.4 Å². The highest BCUT2D eigenvalue weighted by Gasteiger charge is 2.40. The number of nitrogens with zero attached hydrogens (tertiary/aromatic N) is 1. The van der Waals surface area contributed by atoms with Gasteiger partial charge in [-0.3, -0.25) is 19.9 Å². The van der Waals surface area contributed by atoms with E-state index in [2.05, 4.69) is 22.8 Å². The molecule has 2 amide bonds. The number of hydrogen-bond acceptors (Lipinski definition) is 4. The van der Waals surface area contributed by atoms with Crippen LogP contribution < -0.4 is 10.6 Å². The molecule has 0 radical (unpaired) electrons. The zero-order valence-electron chi connectivity index (χ0n) is 18.6. The first-order valence-corrected chi connectivity index (χ1v) is 11.1. The van der Waals surface area contributed by atoms with E-state index in [1.54, 1.807) is 19.2 Å². The molecule has 32 heavy (non-hydrogen) atoms. The van der Waals surface area contributed by atoms with Gasteiger partial charge in [0, 0.05) is 12.7 Å². The Morgan fingerprint density at radius 3 is 2.84 bits per heavy atom. The van der Waals surface area contributed by atoms with Gasteiger partial charge in [-0.25, -0.2) is 0 Å². The highest BCUT2D eigenvalue weighted by atomic mass is 16.5. The van der Waals surface area contributed by atoms with Crippen molar-refractivity contribution in [2.24, 2.45) is 0 Å². The fraction of sp³-hybridized carbons (Fsp3) is 0.400. The third-order valence-electron chi connectivity index (χ3n) is 6.51. The SMILES string of the molecule is CCC1(COC)CC(=O)N(Cc2cccc(C(=O)N[C@H]3CCc4ccccc43)c2)C(=N)N1. The quantitative estimate of drug-likeness (QED) is 0.624. The molecule has 1 aliphatic heterocycles. The van der Waals surface area contributed by atoms with Crippen LogP contribution in [0.25, 0.3) is 0 Å². The van der Waals surface area contributed by atoms with Crippen molar-refractivity contribution in [1.82, 2.24) is 15.5 Å². The zero-order chi connectivity index (χ0) is 22.7. The Hall–Kier alpha value is -3.19. The van der Waals surface area contributed by atoms with E-state index in [-0.39, 0.29) is 36.8 Å². The van der Waals surface area contributed by atoms with E-state index in [9.17, 15) is 9.59 Å². The molecule has 1 aliphatic carbocycles. The van der Waals surface area contributed by atoms with E-state index >= 15 is 0 Å². The lowest BCUT2D eigenvalue weighted by molar-refractivity contribution is -0.132. The van der Waals surface area contributed by atoms with E-state index < -0.39 is 5.54 Å². The number of methoxy groups -OCH3 is 1. The number of nitrogens with one attached hydrogen (secondary N) is 3. The first-order chi connectivity index (χ1) is 15.4. The van der Waals surface area contributed by atoms with Gasteiger partial charge >= 0.3 is 0 Å². The van der Waals surface area contributed by atoms with Gasteiger partial charge in [0.1, 0.15) is 0 Å². The third kappa shape index (κ3) is 4.39. The van der Waals surface area contributed by atoms with Crippen LogP contribution in [-0.4, -0.2) is 41.9 Å². The second-order valence-corrected chi connectivity index (χ2v) is 8.66. The van der Waals surface area contributed by atoms with Crippen molar-refractivity contribution in [3.05, 3.63) is 70.8 Å². The molecular weight excluding hydrogens is 404 g/mol. The first kappa shape index (κ1) is 22.0. The van der Waals surface area contributed by atoms with Crippen LogP contribution in [0.2, 0.25) is 0 Å². The summed E-state index contributed by atoms with van der Waals surface area (Å²) in [7, 11) is 1.60. The van der Waals surface area contributed by atoms with Crippen molar-refractivity contribution < 1.29 is 14.3 Å². The summed E-state index contributed by atoms with van der Waals surface area (Å²) in [4.78, 5) is 27.2. The molecule has 2 aromatic carbocycles. The number of benzene rings is 2. The third-order valence-corrected chi connectivity index (χ3v) is 6.51. The molecule has 1 unspecified atom stereocenters. The average Bonchev–Trinajstić information content (AvgIpc) is 3.19. The maximum atomic E-state index is 12.9. The largest absolute Gasteiger partial charge is 0.382 e. The number of guanidine groups is 1. The van der Waals surface area contributed by atoms with Crippen LogP contribution in [0.5, 0.6) is 0 Å². The van der Waals surface area contributed by atoms with Gasteiger partial charge in [0.15, 0.2) is 5.96 Å². The minimum atomic E-state index is -0.543. The predicted octanol–water partition coefficient (Wildman–Crippen LogP) is 3.16. The van der Waals surface area contributed by atoms with Crippen LogP contribution in [-0.2, 0) is 22.5 Å². The molecule has 2 aliphatic rings. The molecule has 2 aromatic rings. The molecule has 1 fully saturated rings. The monoisotopic (exact) mass is 434 g/mol. The fourth-order valence-corrected chi connectivity index (χ4v) is 4.66. The van der Waals surface area contributed by atoms with Crippen LogP contribution in [0.1, 0.15) is 59.3 Å². The van der Waals surface area contributed by atoms with E-state index in [1.165, 1.54) is 16.0 Å². The minimum absolute atomic E-state index is 0.0198. The number of ether oxygens (including phenoxy) is 1. The van der Waals surface area contributed by atoms with Crippen LogP contribution in [0.3, 0.4) is 0 Å². The van der Waals surface area contributed by atoms with Crippen molar-refractivity contribution in [1.29, 1.82) is 5.41 Å². The topological polar surface area (TPSA) is 94.5 Å². The van der Waals surface area contributed by atoms with Crippen molar-refractivity contribution in [3.8, 4) is 0 Å². The van der Waals surface area contributed by atoms with E-state index in [4.69, 9.17) is 10.1 Å². The van der Waals surface area contributed by atoms with Crippen LogP contribution in [0.15, 0.2) is 48.5 Å². The van der Waals surface area contributed by atoms with Crippen LogP contribution in [0.4, 0.5) is 0 Å². The van der Waals surface area contributed by atoms with Crippen molar-refractivity contribution in [2.45, 2.75) is 50.7 Å². The van der Waals surface area contributed by atoms with Gasteiger partial charge in [-0.05, 0) is 48.1 Å². The number of carbonyl (C=O) groups excluding carboxylic acids is 2. The summed E-state index contributed by atoms with van der Waals surface area (Å²) < 4.78 is 5.27. The van der Waals surface area contributed by atoms with Gasteiger partial charge in [0.2, 0.25) is 5.91 Å². The summed E-state index contributed by atoms with van der Waals surface area (Å²) in [5.74, 6) is -0.181. The maximum Gasteiger partial charge on any atom is 0.251 e. The van der Waals surface area contributed by atoms with Crippen molar-refractivity contribution in [3.63, 3.8) is 0 Å². The molecule has 2 atom stereocenters. The lowest BCUT2D eigenvalue weighted by atomic mass is 9.90. The standard InChI is InChI=1S/C25H30N4O3/c1-3-25(16-32-2)14-22(30)29(24(26)28-25)15-17-7-6-9-19(13-17)23(31)27-21-12-11-18-8-4-5-10-20(18)21/h4-10,13,21H,3,11-12,14-16H2,1-2H3,(H2,26,28)(H,27,31)/t21-,25?/m0/s1. The second kappa shape index (κ2) is 9.12. The Morgan fingerprint density at radius 2 is 2.09 bits per heavy atom. The number of amides is 2. The molecular formula is C25H30N4O3. The van der Waals surface area contributed by atoms with Crippen LogP contribution >= 0.6 is 0 Å². The lowest BCUT2D eigenvalue weighted by Crippen LogP contribution is -2.63. The molecule has 3 N–H and O–H groups in total. The van der Waals surface area contributed by atoms with Crippen molar-refractivity contribution >= 4 is 17.8 Å². The second-order valence-electron chi connectivity index (χ2n) is 8.66. The normalized spacial score (nSPS) is 22.4. The van der Waals surface area contributed by atoms with Crippen molar-refractivity contribution in [2.75, 3.05) is 13.7 Å². The number of carbonyl (C=O) groups is 2. The molecule has 0 saturated carbocycles. The van der Waals surface area contributed by atoms with Gasteiger partial charge in [-0.2, -0.15) is 0 Å². The van der Waals surface area contributed by atoms with E-state index in [1.807, 2.05) is 31.2 Å². The number of hydrogen-bond donors (Lipinski definition) is 3. The Morgan fingerprint density at radius 1 is 1.28 bits per heavy atom. The van der Waals surface area contributed by atoms with Gasteiger partial charge in [-0.15, -0.1) is 0 Å². The molecule has 0 bridgehead atoms. The summed E-state index contributed by atoms with van der Waals surface area (Å²) in [6, 6.07) is 15.5. The minimum Gasteiger partial charge on any atom is -0.382 e. The molecule has 4 rings (SSSR count). The summed E-state index contributed by atoms with van der Waals surface area (Å²) in [6.45, 7) is 2.59. The Labute approximate surface area is 188 Å². The van der Waals surface area contributed by atoms with Crippen LogP contribution in [0, 0.1) is 5.41 Å². The molecule has 7 heteroatoms. The van der Waals surface area contributed by atoms with E-state index in [0.717, 1.165) is 18.4 Å². The molecule has 0 spiro atoms. The molecule has 7 nitrogen and oxygen atoms in total. The first-order valence-electron chi connectivity index (χ1n) is 11.1. The van der Waals surface area contributed by atoms with E-state index in [0.29, 0.717) is 18.6 Å². The number of fused-ring (bicyclic) bond motifs is 1. The maximum absolute atomic E-state index is 12.9. The average molecular weight is 435 g/mol. The molecule has 1 saturated heterocycles. The summed E-state index contributed by atoms with van der Waals surface area (Å²) >= 11 is 0. The smallest absolute Gasteiger partial charge is 0.251 e. The van der Waals surface area contributed by atoms with Gasteiger partial charge in [-0.1, -0.05) is 43.3 Å². The number of rotatable bonds is 7. The predicted molar refractivity (Wildman–Crippen MR) is 122 cm³/mol. The fourth-order valence-electron chi connectivity index (χ4n) is 4.66. The molecule has 0 aromatic heterocycles. The summed E-state index contributed by atoms with van der Waals surface area (Å²) in [6.07, 6.45) is 2.82. The molecule has 168 valence electrons. The van der Waals surface area contributed by atoms with Gasteiger partial charge in [0.05, 0.1) is 31.2 Å². The Bertz CT molecular complexity index is 1020. The Kier molecular flexibility index (Phi) is 6.28. The Balaban J connectivity index is 1.44. The molecule has 1 heterocycles. The highest BCUT2D eigenvalue weighted by Crippen LogP contribution is 2.31. The lowest BCUT2D eigenvalue weighted by Gasteiger charge is -2.42. The van der Waals surface area contributed by atoms with Gasteiger partial charge in [0.25, 0.3) is 5.91 Å².